The standard InChI is InChI=1S/C12H7FN4O2/c13-8-4-2-1-3-7(8)9-5-10(15-6-14-9)11-16-12(18)19-17-11/h1-6H,(H,16,17,18). The Morgan fingerprint density at radius 3 is 2.68 bits per heavy atom. The van der Waals surface area contributed by atoms with Crippen LogP contribution in [0.1, 0.15) is 0 Å². The Kier molecular flexibility index (Phi) is 2.64. The summed E-state index contributed by atoms with van der Waals surface area (Å²) in [5.74, 6) is -0.896. The van der Waals surface area contributed by atoms with Crippen LogP contribution in [-0.4, -0.2) is 20.1 Å². The molecule has 0 spiro atoms. The molecular weight excluding hydrogens is 251 g/mol. The summed E-state index contributed by atoms with van der Waals surface area (Å²) in [7, 11) is 0. The lowest BCUT2D eigenvalue weighted by Crippen LogP contribution is -1.96. The second kappa shape index (κ2) is 4.45. The third-order valence-corrected chi connectivity index (χ3v) is 2.50. The van der Waals surface area contributed by atoms with Crippen LogP contribution in [0.4, 0.5) is 4.39 Å². The van der Waals surface area contributed by atoms with Crippen LogP contribution in [0.3, 0.4) is 0 Å². The van der Waals surface area contributed by atoms with Crippen molar-refractivity contribution in [3.05, 3.63) is 53.0 Å². The highest BCUT2D eigenvalue weighted by atomic mass is 19.1. The second-order valence-corrected chi connectivity index (χ2v) is 3.71. The van der Waals surface area contributed by atoms with E-state index in [-0.39, 0.29) is 11.6 Å². The zero-order chi connectivity index (χ0) is 13.2. The van der Waals surface area contributed by atoms with E-state index in [1.807, 2.05) is 0 Å². The molecule has 2 heterocycles. The average molecular weight is 258 g/mol. The van der Waals surface area contributed by atoms with Gasteiger partial charge in [0.15, 0.2) is 0 Å². The minimum Gasteiger partial charge on any atom is -0.296 e. The molecule has 6 nitrogen and oxygen atoms in total. The zero-order valence-corrected chi connectivity index (χ0v) is 9.50. The average Bonchev–Trinajstić information content (AvgIpc) is 2.86. The van der Waals surface area contributed by atoms with E-state index in [0.717, 1.165) is 0 Å². The molecule has 94 valence electrons. The maximum atomic E-state index is 13.7. The number of benzene rings is 1. The molecule has 0 aliphatic rings. The smallest absolute Gasteiger partial charge is 0.296 e. The first kappa shape index (κ1) is 11.3. The highest BCUT2D eigenvalue weighted by molar-refractivity contribution is 5.64. The van der Waals surface area contributed by atoms with E-state index in [9.17, 15) is 9.18 Å². The summed E-state index contributed by atoms with van der Waals surface area (Å²) in [6.45, 7) is 0. The molecule has 2 aromatic heterocycles. The lowest BCUT2D eigenvalue weighted by Gasteiger charge is -2.02. The molecule has 0 saturated carbocycles. The van der Waals surface area contributed by atoms with Gasteiger partial charge in [-0.05, 0) is 18.2 Å². The molecule has 3 rings (SSSR count). The minimum atomic E-state index is -0.680. The third kappa shape index (κ3) is 2.13. The van der Waals surface area contributed by atoms with Gasteiger partial charge in [0, 0.05) is 5.56 Å². The largest absolute Gasteiger partial charge is 0.439 e. The van der Waals surface area contributed by atoms with Gasteiger partial charge in [-0.2, -0.15) is 0 Å². The van der Waals surface area contributed by atoms with Gasteiger partial charge in [-0.25, -0.2) is 19.2 Å². The van der Waals surface area contributed by atoms with Gasteiger partial charge in [0.25, 0.3) is 0 Å². The number of rotatable bonds is 2. The van der Waals surface area contributed by atoms with E-state index in [1.165, 1.54) is 18.5 Å². The van der Waals surface area contributed by atoms with Crippen LogP contribution in [-0.2, 0) is 0 Å². The van der Waals surface area contributed by atoms with Crippen LogP contribution >= 0.6 is 0 Å². The van der Waals surface area contributed by atoms with Crippen molar-refractivity contribution in [2.24, 2.45) is 0 Å². The summed E-state index contributed by atoms with van der Waals surface area (Å²) < 4.78 is 18.1. The monoisotopic (exact) mass is 258 g/mol. The summed E-state index contributed by atoms with van der Waals surface area (Å²) in [5, 5.41) is 3.52. The molecule has 19 heavy (non-hydrogen) atoms. The molecule has 0 saturated heterocycles. The summed E-state index contributed by atoms with van der Waals surface area (Å²) in [6.07, 6.45) is 1.27. The van der Waals surface area contributed by atoms with E-state index < -0.39 is 5.76 Å². The Morgan fingerprint density at radius 2 is 1.95 bits per heavy atom. The summed E-state index contributed by atoms with van der Waals surface area (Å²) in [6, 6.07) is 7.77. The lowest BCUT2D eigenvalue weighted by molar-refractivity contribution is 0.387. The number of H-pyrrole nitrogens is 1. The Bertz CT molecular complexity index is 781. The van der Waals surface area contributed by atoms with E-state index in [1.54, 1.807) is 18.2 Å². The second-order valence-electron chi connectivity index (χ2n) is 3.71. The molecule has 0 aliphatic carbocycles. The first-order valence-electron chi connectivity index (χ1n) is 5.37. The topological polar surface area (TPSA) is 84.7 Å². The summed E-state index contributed by atoms with van der Waals surface area (Å²) >= 11 is 0. The molecule has 1 N–H and O–H groups in total. The number of hydrogen-bond donors (Lipinski definition) is 1. The third-order valence-electron chi connectivity index (χ3n) is 2.50. The molecule has 0 bridgehead atoms. The number of halogens is 1. The van der Waals surface area contributed by atoms with Crippen molar-refractivity contribution < 1.29 is 8.91 Å². The lowest BCUT2D eigenvalue weighted by atomic mass is 10.1. The van der Waals surface area contributed by atoms with Gasteiger partial charge >= 0.3 is 5.76 Å². The molecule has 7 heteroatoms. The van der Waals surface area contributed by atoms with Crippen molar-refractivity contribution in [1.29, 1.82) is 0 Å². The number of aromatic amines is 1. The number of nitrogens with zero attached hydrogens (tertiary/aromatic N) is 3. The van der Waals surface area contributed by atoms with Gasteiger partial charge in [-0.15, -0.1) is 0 Å². The SMILES string of the molecule is O=c1[nH]c(-c2cc(-c3ccccc3F)ncn2)no1. The molecule has 0 unspecified atom stereocenters. The van der Waals surface area contributed by atoms with Gasteiger partial charge in [0.1, 0.15) is 17.8 Å². The van der Waals surface area contributed by atoms with E-state index in [4.69, 9.17) is 0 Å². The Labute approximate surface area is 105 Å². The van der Waals surface area contributed by atoms with Crippen LogP contribution in [0.5, 0.6) is 0 Å². The van der Waals surface area contributed by atoms with Crippen LogP contribution in [0.25, 0.3) is 22.8 Å². The summed E-state index contributed by atoms with van der Waals surface area (Å²) in [5.41, 5.74) is 1.09. The molecule has 0 amide bonds. The van der Waals surface area contributed by atoms with Gasteiger partial charge < -0.3 is 0 Å². The quantitative estimate of drug-likeness (QED) is 0.755. The number of aromatic nitrogens is 4. The molecule has 1 aromatic carbocycles. The first-order chi connectivity index (χ1) is 9.24. The zero-order valence-electron chi connectivity index (χ0n) is 9.50. The van der Waals surface area contributed by atoms with Crippen molar-refractivity contribution in [3.8, 4) is 22.8 Å². The fourth-order valence-corrected chi connectivity index (χ4v) is 1.64. The van der Waals surface area contributed by atoms with Gasteiger partial charge in [-0.3, -0.25) is 9.51 Å². The van der Waals surface area contributed by atoms with Crippen molar-refractivity contribution in [2.75, 3.05) is 0 Å². The normalized spacial score (nSPS) is 10.6. The molecule has 0 atom stereocenters. The predicted octanol–water partition coefficient (Wildman–Crippen LogP) is 1.63. The van der Waals surface area contributed by atoms with E-state index in [2.05, 4.69) is 24.6 Å². The van der Waals surface area contributed by atoms with Crippen molar-refractivity contribution in [2.45, 2.75) is 0 Å². The van der Waals surface area contributed by atoms with Crippen LogP contribution in [0.2, 0.25) is 0 Å². The van der Waals surface area contributed by atoms with Gasteiger partial charge in [-0.1, -0.05) is 17.3 Å². The number of hydrogen-bond acceptors (Lipinski definition) is 5. The Hall–Kier alpha value is -2.83. The molecular formula is C12H7FN4O2. The fourth-order valence-electron chi connectivity index (χ4n) is 1.64. The minimum absolute atomic E-state index is 0.171. The predicted molar refractivity (Wildman–Crippen MR) is 63.5 cm³/mol. The van der Waals surface area contributed by atoms with Gasteiger partial charge in [0.2, 0.25) is 5.82 Å². The van der Waals surface area contributed by atoms with Crippen LogP contribution < -0.4 is 5.76 Å². The Morgan fingerprint density at radius 1 is 1.16 bits per heavy atom. The van der Waals surface area contributed by atoms with Crippen LogP contribution in [0.15, 0.2) is 46.0 Å². The van der Waals surface area contributed by atoms with E-state index in [0.29, 0.717) is 17.0 Å². The van der Waals surface area contributed by atoms with Crippen LogP contribution in [0, 0.1) is 5.82 Å². The molecule has 0 aliphatic heterocycles. The van der Waals surface area contributed by atoms with Crippen molar-refractivity contribution in [1.82, 2.24) is 20.1 Å². The Balaban J connectivity index is 2.10. The highest BCUT2D eigenvalue weighted by Crippen LogP contribution is 2.22. The molecule has 3 aromatic rings. The van der Waals surface area contributed by atoms with Crippen molar-refractivity contribution >= 4 is 0 Å². The molecule has 0 fully saturated rings. The summed E-state index contributed by atoms with van der Waals surface area (Å²) in [4.78, 5) is 21.2. The first-order valence-corrected chi connectivity index (χ1v) is 5.37. The molecule has 0 radical (unpaired) electrons. The maximum absolute atomic E-state index is 13.7. The fraction of sp³-hybridized carbons (Fsp3) is 0. The number of nitrogens with one attached hydrogen (secondary N) is 1. The maximum Gasteiger partial charge on any atom is 0.439 e. The van der Waals surface area contributed by atoms with Crippen molar-refractivity contribution in [3.63, 3.8) is 0 Å². The van der Waals surface area contributed by atoms with Gasteiger partial charge in [0.05, 0.1) is 5.69 Å². The van der Waals surface area contributed by atoms with E-state index >= 15 is 0 Å². The highest BCUT2D eigenvalue weighted by Gasteiger charge is 2.10.